The molecule has 1 heterocycles. The summed E-state index contributed by atoms with van der Waals surface area (Å²) in [5.41, 5.74) is 7.82. The number of hydrogen-bond acceptors (Lipinski definition) is 4. The van der Waals surface area contributed by atoms with Crippen LogP contribution >= 0.6 is 15.9 Å². The lowest BCUT2D eigenvalue weighted by molar-refractivity contribution is 0.357. The first-order valence-corrected chi connectivity index (χ1v) is 6.20. The van der Waals surface area contributed by atoms with Crippen LogP contribution in [0, 0.1) is 19.3 Å². The van der Waals surface area contributed by atoms with Gasteiger partial charge in [0.25, 0.3) is 0 Å². The van der Waals surface area contributed by atoms with E-state index in [2.05, 4.69) is 32.0 Å². The fraction of sp³-hybridized carbons (Fsp3) is 0.231. The molecule has 1 aromatic carbocycles. The maximum Gasteiger partial charge on any atom is 0.244 e. The van der Waals surface area contributed by atoms with E-state index in [0.717, 1.165) is 15.6 Å². The predicted molar refractivity (Wildman–Crippen MR) is 72.5 cm³/mol. The number of hydrogen-bond donors (Lipinski definition) is 1. The van der Waals surface area contributed by atoms with Gasteiger partial charge >= 0.3 is 0 Å². The van der Waals surface area contributed by atoms with Crippen LogP contribution in [0.15, 0.2) is 27.2 Å². The molecule has 0 saturated heterocycles. The van der Waals surface area contributed by atoms with Crippen LogP contribution in [0.4, 0.5) is 0 Å². The topological polar surface area (TPSA) is 64.9 Å². The minimum atomic E-state index is -0.416. The standard InChI is InChI=1S/C13H12BrN3O/c1-3-4-11(15)13-16-12(17-18-13)9-6-5-8(2)7-10(9)14/h1,5-7,11H,4,15H2,2H3. The first-order valence-electron chi connectivity index (χ1n) is 5.41. The average molecular weight is 306 g/mol. The van der Waals surface area contributed by atoms with E-state index in [1.807, 2.05) is 25.1 Å². The molecule has 0 aliphatic carbocycles. The maximum atomic E-state index is 5.81. The third kappa shape index (κ3) is 2.61. The zero-order chi connectivity index (χ0) is 13.1. The van der Waals surface area contributed by atoms with Gasteiger partial charge < -0.3 is 10.3 Å². The highest BCUT2D eigenvalue weighted by Crippen LogP contribution is 2.27. The van der Waals surface area contributed by atoms with Crippen LogP contribution < -0.4 is 5.73 Å². The molecular weight excluding hydrogens is 294 g/mol. The third-order valence-electron chi connectivity index (χ3n) is 2.46. The normalized spacial score (nSPS) is 12.1. The van der Waals surface area contributed by atoms with E-state index in [9.17, 15) is 0 Å². The lowest BCUT2D eigenvalue weighted by atomic mass is 10.1. The van der Waals surface area contributed by atoms with Gasteiger partial charge in [0.2, 0.25) is 11.7 Å². The SMILES string of the molecule is C#CCC(N)c1nc(-c2ccc(C)cc2Br)no1. The number of benzene rings is 1. The molecule has 18 heavy (non-hydrogen) atoms. The number of aryl methyl sites for hydroxylation is 1. The lowest BCUT2D eigenvalue weighted by Gasteiger charge is -2.01. The highest BCUT2D eigenvalue weighted by Gasteiger charge is 2.16. The minimum Gasteiger partial charge on any atom is -0.337 e. The summed E-state index contributed by atoms with van der Waals surface area (Å²) in [6.07, 6.45) is 5.57. The zero-order valence-electron chi connectivity index (χ0n) is 9.85. The zero-order valence-corrected chi connectivity index (χ0v) is 11.4. The number of halogens is 1. The summed E-state index contributed by atoms with van der Waals surface area (Å²) >= 11 is 3.48. The molecule has 4 nitrogen and oxygen atoms in total. The van der Waals surface area contributed by atoms with Gasteiger partial charge in [0.05, 0.1) is 6.04 Å². The molecule has 1 unspecified atom stereocenters. The average Bonchev–Trinajstić information content (AvgIpc) is 2.78. The van der Waals surface area contributed by atoms with Gasteiger partial charge in [0.1, 0.15) is 0 Å². The summed E-state index contributed by atoms with van der Waals surface area (Å²) in [6.45, 7) is 2.01. The van der Waals surface area contributed by atoms with Gasteiger partial charge in [-0.3, -0.25) is 0 Å². The summed E-state index contributed by atoms with van der Waals surface area (Å²) in [5.74, 6) is 3.33. The smallest absolute Gasteiger partial charge is 0.244 e. The van der Waals surface area contributed by atoms with Crippen molar-refractivity contribution in [3.05, 3.63) is 34.1 Å². The second-order valence-electron chi connectivity index (χ2n) is 3.95. The molecule has 0 aliphatic heterocycles. The van der Waals surface area contributed by atoms with Crippen molar-refractivity contribution in [3.63, 3.8) is 0 Å². The van der Waals surface area contributed by atoms with Crippen molar-refractivity contribution in [2.24, 2.45) is 5.73 Å². The summed E-state index contributed by atoms with van der Waals surface area (Å²) in [4.78, 5) is 4.26. The quantitative estimate of drug-likeness (QED) is 0.886. The Bertz CT molecular complexity index is 601. The molecule has 92 valence electrons. The van der Waals surface area contributed by atoms with Crippen LogP contribution in [0.5, 0.6) is 0 Å². The minimum absolute atomic E-state index is 0.357. The maximum absolute atomic E-state index is 5.81. The number of nitrogens with zero attached hydrogens (tertiary/aromatic N) is 2. The van der Waals surface area contributed by atoms with E-state index in [1.54, 1.807) is 0 Å². The van der Waals surface area contributed by atoms with Crippen LogP contribution in [-0.4, -0.2) is 10.1 Å². The van der Waals surface area contributed by atoms with Crippen molar-refractivity contribution in [2.75, 3.05) is 0 Å². The van der Waals surface area contributed by atoms with Crippen molar-refractivity contribution < 1.29 is 4.52 Å². The Kier molecular flexibility index (Phi) is 3.80. The first kappa shape index (κ1) is 12.8. The summed E-state index contributed by atoms with van der Waals surface area (Å²) in [6, 6.07) is 5.49. The van der Waals surface area contributed by atoms with E-state index in [4.69, 9.17) is 16.7 Å². The molecule has 2 aromatic rings. The van der Waals surface area contributed by atoms with Crippen LogP contribution in [0.25, 0.3) is 11.4 Å². The molecule has 1 atom stereocenters. The molecule has 0 radical (unpaired) electrons. The van der Waals surface area contributed by atoms with E-state index in [-0.39, 0.29) is 0 Å². The Hall–Kier alpha value is -1.64. The number of terminal acetylenes is 1. The van der Waals surface area contributed by atoms with Gasteiger partial charge in [0.15, 0.2) is 0 Å². The van der Waals surface area contributed by atoms with E-state index < -0.39 is 6.04 Å². The van der Waals surface area contributed by atoms with Crippen molar-refractivity contribution >= 4 is 15.9 Å². The first-order chi connectivity index (χ1) is 8.61. The number of aromatic nitrogens is 2. The van der Waals surface area contributed by atoms with Crippen molar-refractivity contribution in [2.45, 2.75) is 19.4 Å². The Balaban J connectivity index is 2.32. The van der Waals surface area contributed by atoms with Gasteiger partial charge in [-0.25, -0.2) is 0 Å². The molecule has 0 fully saturated rings. The Labute approximate surface area is 114 Å². The highest BCUT2D eigenvalue weighted by atomic mass is 79.9. The Morgan fingerprint density at radius 2 is 2.33 bits per heavy atom. The Morgan fingerprint density at radius 1 is 1.56 bits per heavy atom. The molecule has 0 amide bonds. The van der Waals surface area contributed by atoms with Gasteiger partial charge in [0, 0.05) is 16.5 Å². The Morgan fingerprint density at radius 3 is 3.00 bits per heavy atom. The van der Waals surface area contributed by atoms with Crippen LogP contribution in [0.3, 0.4) is 0 Å². The molecule has 0 bridgehead atoms. The largest absolute Gasteiger partial charge is 0.337 e. The fourth-order valence-electron chi connectivity index (χ4n) is 1.51. The van der Waals surface area contributed by atoms with E-state index >= 15 is 0 Å². The van der Waals surface area contributed by atoms with Crippen molar-refractivity contribution in [1.29, 1.82) is 0 Å². The van der Waals surface area contributed by atoms with Gasteiger partial charge in [-0.1, -0.05) is 27.2 Å². The van der Waals surface area contributed by atoms with Crippen molar-refractivity contribution in [3.8, 4) is 23.7 Å². The second-order valence-corrected chi connectivity index (χ2v) is 4.81. The number of nitrogens with two attached hydrogens (primary N) is 1. The molecule has 0 saturated carbocycles. The van der Waals surface area contributed by atoms with Crippen molar-refractivity contribution in [1.82, 2.24) is 10.1 Å². The fourth-order valence-corrected chi connectivity index (χ4v) is 2.18. The third-order valence-corrected chi connectivity index (χ3v) is 3.12. The molecule has 1 aromatic heterocycles. The number of rotatable bonds is 3. The van der Waals surface area contributed by atoms with Crippen LogP contribution in [-0.2, 0) is 0 Å². The summed E-state index contributed by atoms with van der Waals surface area (Å²) in [5, 5.41) is 3.92. The van der Waals surface area contributed by atoms with Gasteiger partial charge in [-0.15, -0.1) is 12.3 Å². The summed E-state index contributed by atoms with van der Waals surface area (Å²) in [7, 11) is 0. The molecule has 0 aliphatic rings. The van der Waals surface area contributed by atoms with Crippen LogP contribution in [0.2, 0.25) is 0 Å². The molecular formula is C13H12BrN3O. The monoisotopic (exact) mass is 305 g/mol. The van der Waals surface area contributed by atoms with Crippen LogP contribution in [0.1, 0.15) is 23.9 Å². The van der Waals surface area contributed by atoms with E-state index in [0.29, 0.717) is 18.1 Å². The molecule has 0 spiro atoms. The summed E-state index contributed by atoms with van der Waals surface area (Å²) < 4.78 is 6.03. The predicted octanol–water partition coefficient (Wildman–Crippen LogP) is 2.83. The highest BCUT2D eigenvalue weighted by molar-refractivity contribution is 9.10. The molecule has 2 N–H and O–H groups in total. The van der Waals surface area contributed by atoms with Gasteiger partial charge in [-0.05, 0) is 24.6 Å². The lowest BCUT2D eigenvalue weighted by Crippen LogP contribution is -2.09. The molecule has 5 heteroatoms. The molecule has 2 rings (SSSR count). The second kappa shape index (κ2) is 5.34. The van der Waals surface area contributed by atoms with Gasteiger partial charge in [-0.2, -0.15) is 4.98 Å². The van der Waals surface area contributed by atoms with E-state index in [1.165, 1.54) is 0 Å².